The fraction of sp³-hybridized carbons (Fsp3) is 0.786. The molecule has 1 aliphatic heterocycles. The molecule has 0 aliphatic carbocycles. The zero-order chi connectivity index (χ0) is 16.4. The lowest BCUT2D eigenvalue weighted by Crippen LogP contribution is -2.50. The summed E-state index contributed by atoms with van der Waals surface area (Å²) in [5.41, 5.74) is -0.434. The number of carboxylic acid groups (broad SMARTS) is 1. The smallest absolute Gasteiger partial charge is 0.326 e. The minimum atomic E-state index is -1.12. The fourth-order valence-electron chi connectivity index (χ4n) is 2.50. The van der Waals surface area contributed by atoms with E-state index in [2.05, 4.69) is 5.32 Å². The Labute approximate surface area is 124 Å². The third-order valence-electron chi connectivity index (χ3n) is 3.75. The molecular formula is C14H24N2O5. The van der Waals surface area contributed by atoms with Crippen molar-refractivity contribution < 1.29 is 24.6 Å². The van der Waals surface area contributed by atoms with E-state index in [1.165, 1.54) is 11.8 Å². The van der Waals surface area contributed by atoms with E-state index in [4.69, 9.17) is 0 Å². The van der Waals surface area contributed by atoms with Crippen LogP contribution in [0.3, 0.4) is 0 Å². The Hall–Kier alpha value is -1.63. The minimum Gasteiger partial charge on any atom is -0.480 e. The van der Waals surface area contributed by atoms with Gasteiger partial charge in [-0.2, -0.15) is 0 Å². The second-order valence-corrected chi connectivity index (χ2v) is 6.59. The molecule has 1 aliphatic rings. The summed E-state index contributed by atoms with van der Waals surface area (Å²) in [6, 6.07) is -1.00. The summed E-state index contributed by atoms with van der Waals surface area (Å²) in [6.45, 7) is 7.11. The third-order valence-corrected chi connectivity index (χ3v) is 3.75. The van der Waals surface area contributed by atoms with Crippen molar-refractivity contribution in [2.45, 2.75) is 46.3 Å². The molecule has 0 radical (unpaired) electrons. The molecule has 0 unspecified atom stereocenters. The van der Waals surface area contributed by atoms with Crippen LogP contribution in [0.25, 0.3) is 0 Å². The van der Waals surface area contributed by atoms with E-state index >= 15 is 0 Å². The van der Waals surface area contributed by atoms with Crippen LogP contribution in [0.15, 0.2) is 0 Å². The van der Waals surface area contributed by atoms with E-state index in [1.807, 2.05) is 20.8 Å². The molecular weight excluding hydrogens is 276 g/mol. The number of nitrogens with zero attached hydrogens (tertiary/aromatic N) is 1. The SMILES string of the molecule is CC(=O)NC[C@H](C(=O)N1C[C@H](O)C[C@H]1C(=O)O)C(C)(C)C. The number of β-amino-alcohol motifs (C(OH)–C–C–N with tert-alkyl or cyclic N) is 1. The van der Waals surface area contributed by atoms with Crippen LogP contribution in [0, 0.1) is 11.3 Å². The maximum absolute atomic E-state index is 12.7. The topological polar surface area (TPSA) is 107 Å². The van der Waals surface area contributed by atoms with Crippen LogP contribution in [-0.2, 0) is 14.4 Å². The van der Waals surface area contributed by atoms with Crippen LogP contribution in [0.4, 0.5) is 0 Å². The van der Waals surface area contributed by atoms with Gasteiger partial charge in [-0.3, -0.25) is 9.59 Å². The Kier molecular flexibility index (Phi) is 5.33. The number of hydrogen-bond acceptors (Lipinski definition) is 4. The Balaban J connectivity index is 2.93. The van der Waals surface area contributed by atoms with Crippen LogP contribution in [-0.4, -0.2) is 58.1 Å². The maximum Gasteiger partial charge on any atom is 0.326 e. The maximum atomic E-state index is 12.7. The van der Waals surface area contributed by atoms with Crippen molar-refractivity contribution in [2.75, 3.05) is 13.1 Å². The van der Waals surface area contributed by atoms with E-state index in [-0.39, 0.29) is 31.3 Å². The van der Waals surface area contributed by atoms with E-state index in [9.17, 15) is 24.6 Å². The highest BCUT2D eigenvalue weighted by atomic mass is 16.4. The van der Waals surface area contributed by atoms with E-state index < -0.39 is 29.4 Å². The first-order valence-electron chi connectivity index (χ1n) is 6.99. The monoisotopic (exact) mass is 300 g/mol. The molecule has 0 aromatic rings. The molecule has 21 heavy (non-hydrogen) atoms. The predicted octanol–water partition coefficient (Wildman–Crippen LogP) is -0.169. The van der Waals surface area contributed by atoms with Crippen LogP contribution in [0.1, 0.15) is 34.1 Å². The normalized spacial score (nSPS) is 23.8. The first-order valence-corrected chi connectivity index (χ1v) is 6.99. The average molecular weight is 300 g/mol. The zero-order valence-electron chi connectivity index (χ0n) is 12.9. The van der Waals surface area contributed by atoms with Crippen molar-refractivity contribution in [2.24, 2.45) is 11.3 Å². The molecule has 3 atom stereocenters. The first-order chi connectivity index (χ1) is 9.54. The number of nitrogens with one attached hydrogen (secondary N) is 1. The van der Waals surface area contributed by atoms with Crippen LogP contribution >= 0.6 is 0 Å². The lowest BCUT2D eigenvalue weighted by atomic mass is 9.79. The molecule has 0 spiro atoms. The summed E-state index contributed by atoms with van der Waals surface area (Å²) in [5, 5.41) is 21.4. The highest BCUT2D eigenvalue weighted by Gasteiger charge is 2.43. The van der Waals surface area contributed by atoms with Gasteiger partial charge in [0.25, 0.3) is 0 Å². The number of hydrogen-bond donors (Lipinski definition) is 3. The summed E-state index contributed by atoms with van der Waals surface area (Å²) in [7, 11) is 0. The molecule has 7 nitrogen and oxygen atoms in total. The molecule has 1 heterocycles. The molecule has 120 valence electrons. The van der Waals surface area contributed by atoms with Gasteiger partial charge in [0.15, 0.2) is 0 Å². The van der Waals surface area contributed by atoms with Gasteiger partial charge in [0.05, 0.1) is 12.0 Å². The van der Waals surface area contributed by atoms with Gasteiger partial charge < -0.3 is 20.4 Å². The lowest BCUT2D eigenvalue weighted by Gasteiger charge is -2.34. The fourth-order valence-corrected chi connectivity index (χ4v) is 2.50. The standard InChI is InChI=1S/C14H24N2O5/c1-8(17)15-6-10(14(2,3)4)12(19)16-7-9(18)5-11(16)13(20)21/h9-11,18H,5-7H2,1-4H3,(H,15,17)(H,20,21)/t9-,10-,11+/m1/s1. The van der Waals surface area contributed by atoms with Crippen LogP contribution in [0.2, 0.25) is 0 Å². The Bertz CT molecular complexity index is 430. The Morgan fingerprint density at radius 3 is 2.33 bits per heavy atom. The molecule has 2 amide bonds. The molecule has 0 aromatic carbocycles. The molecule has 0 aromatic heterocycles. The summed E-state index contributed by atoms with van der Waals surface area (Å²) in [5.74, 6) is -2.26. The van der Waals surface area contributed by atoms with Crippen molar-refractivity contribution >= 4 is 17.8 Å². The number of aliphatic hydroxyl groups is 1. The minimum absolute atomic E-state index is 0.0163. The van der Waals surface area contributed by atoms with Crippen LogP contribution < -0.4 is 5.32 Å². The summed E-state index contributed by atoms with van der Waals surface area (Å²) < 4.78 is 0. The van der Waals surface area contributed by atoms with E-state index in [0.717, 1.165) is 0 Å². The van der Waals surface area contributed by atoms with Crippen molar-refractivity contribution in [1.29, 1.82) is 0 Å². The highest BCUT2D eigenvalue weighted by Crippen LogP contribution is 2.30. The molecule has 1 saturated heterocycles. The number of rotatable bonds is 4. The summed E-state index contributed by atoms with van der Waals surface area (Å²) >= 11 is 0. The lowest BCUT2D eigenvalue weighted by molar-refractivity contribution is -0.151. The Morgan fingerprint density at radius 2 is 1.90 bits per heavy atom. The first kappa shape index (κ1) is 17.4. The molecule has 1 fully saturated rings. The van der Waals surface area contributed by atoms with E-state index in [0.29, 0.717) is 0 Å². The second kappa shape index (κ2) is 6.43. The average Bonchev–Trinajstić information content (AvgIpc) is 2.69. The van der Waals surface area contributed by atoms with E-state index in [1.54, 1.807) is 0 Å². The third kappa shape index (κ3) is 4.42. The molecule has 3 N–H and O–H groups in total. The Morgan fingerprint density at radius 1 is 1.33 bits per heavy atom. The zero-order valence-corrected chi connectivity index (χ0v) is 12.9. The quantitative estimate of drug-likeness (QED) is 0.668. The predicted molar refractivity (Wildman–Crippen MR) is 75.4 cm³/mol. The van der Waals surface area contributed by atoms with Gasteiger partial charge in [0.1, 0.15) is 6.04 Å². The van der Waals surface area contributed by atoms with Crippen molar-refractivity contribution in [1.82, 2.24) is 10.2 Å². The van der Waals surface area contributed by atoms with Gasteiger partial charge in [-0.1, -0.05) is 20.8 Å². The van der Waals surface area contributed by atoms with Crippen molar-refractivity contribution in [3.05, 3.63) is 0 Å². The van der Waals surface area contributed by atoms with Gasteiger partial charge in [0, 0.05) is 26.4 Å². The number of aliphatic hydroxyl groups excluding tert-OH is 1. The molecule has 0 saturated carbocycles. The van der Waals surface area contributed by atoms with Crippen LogP contribution in [0.5, 0.6) is 0 Å². The van der Waals surface area contributed by atoms with Gasteiger partial charge in [-0.05, 0) is 5.41 Å². The highest BCUT2D eigenvalue weighted by molar-refractivity contribution is 5.87. The largest absolute Gasteiger partial charge is 0.480 e. The second-order valence-electron chi connectivity index (χ2n) is 6.59. The molecule has 7 heteroatoms. The number of carbonyl (C=O) groups excluding carboxylic acids is 2. The number of amides is 2. The number of aliphatic carboxylic acids is 1. The van der Waals surface area contributed by atoms with Gasteiger partial charge >= 0.3 is 5.97 Å². The van der Waals surface area contributed by atoms with Crippen molar-refractivity contribution in [3.8, 4) is 0 Å². The number of likely N-dealkylation sites (tertiary alicyclic amines) is 1. The summed E-state index contributed by atoms with van der Waals surface area (Å²) in [4.78, 5) is 36.2. The molecule has 0 bridgehead atoms. The number of carboxylic acids is 1. The van der Waals surface area contributed by atoms with Gasteiger partial charge in [-0.25, -0.2) is 4.79 Å². The van der Waals surface area contributed by atoms with Gasteiger partial charge in [0.2, 0.25) is 11.8 Å². The molecule has 1 rings (SSSR count). The summed E-state index contributed by atoms with van der Waals surface area (Å²) in [6.07, 6.45) is -0.783. The number of carbonyl (C=O) groups is 3. The van der Waals surface area contributed by atoms with Crippen molar-refractivity contribution in [3.63, 3.8) is 0 Å². The van der Waals surface area contributed by atoms with Gasteiger partial charge in [-0.15, -0.1) is 0 Å².